The minimum atomic E-state index is -0.559. The molecule has 96 valence electrons. The van der Waals surface area contributed by atoms with E-state index in [1.54, 1.807) is 0 Å². The molecule has 1 aliphatic rings. The van der Waals surface area contributed by atoms with Gasteiger partial charge < -0.3 is 11.1 Å². The third-order valence-electron chi connectivity index (χ3n) is 2.79. The Morgan fingerprint density at radius 2 is 2.06 bits per heavy atom. The van der Waals surface area contributed by atoms with E-state index in [4.69, 9.17) is 5.73 Å². The Balaban J connectivity index is 2.02. The lowest BCUT2D eigenvalue weighted by Gasteiger charge is -2.08. The molecule has 0 bridgehead atoms. The molecule has 1 atom stereocenters. The van der Waals surface area contributed by atoms with Gasteiger partial charge in [-0.2, -0.15) is 0 Å². The number of nitrogens with one attached hydrogen (secondary N) is 2. The molecular weight excluding hydrogens is 250 g/mol. The van der Waals surface area contributed by atoms with E-state index in [-0.39, 0.29) is 11.9 Å². The Bertz CT molecular complexity index is 490. The van der Waals surface area contributed by atoms with Crippen molar-refractivity contribution in [2.24, 2.45) is 5.73 Å². The van der Waals surface area contributed by atoms with Crippen molar-refractivity contribution in [3.8, 4) is 0 Å². The third kappa shape index (κ3) is 3.16. The summed E-state index contributed by atoms with van der Waals surface area (Å²) in [5, 5.41) is 2.92. The molecular formula is C12H15N3O2S. The monoisotopic (exact) mass is 265 g/mol. The fourth-order valence-corrected chi connectivity index (χ4v) is 2.71. The van der Waals surface area contributed by atoms with E-state index in [0.717, 1.165) is 17.7 Å². The smallest absolute Gasteiger partial charge is 0.322 e. The molecule has 0 radical (unpaired) electrons. The van der Waals surface area contributed by atoms with Gasteiger partial charge in [0.25, 0.3) is 0 Å². The van der Waals surface area contributed by atoms with Gasteiger partial charge in [0, 0.05) is 17.9 Å². The number of benzene rings is 1. The number of hydrogen-bond donors (Lipinski definition) is 3. The van der Waals surface area contributed by atoms with E-state index >= 15 is 0 Å². The van der Waals surface area contributed by atoms with Gasteiger partial charge >= 0.3 is 6.03 Å². The zero-order chi connectivity index (χ0) is 13.1. The van der Waals surface area contributed by atoms with E-state index in [0.29, 0.717) is 0 Å². The zero-order valence-electron chi connectivity index (χ0n) is 10.0. The molecule has 4 N–H and O–H groups in total. The number of nitrogens with two attached hydrogens (primary N) is 1. The molecule has 0 saturated carbocycles. The molecule has 0 fully saturated rings. The molecule has 2 rings (SSSR count). The summed E-state index contributed by atoms with van der Waals surface area (Å²) in [7, 11) is 0. The van der Waals surface area contributed by atoms with Crippen LogP contribution in [0.3, 0.4) is 0 Å². The summed E-state index contributed by atoms with van der Waals surface area (Å²) < 4.78 is 2.48. The maximum absolute atomic E-state index is 11.0. The summed E-state index contributed by atoms with van der Waals surface area (Å²) in [6.45, 7) is 1.53. The fourth-order valence-electron chi connectivity index (χ4n) is 2.16. The Kier molecular flexibility index (Phi) is 3.76. The fraction of sp³-hybridized carbons (Fsp3) is 0.333. The number of carbonyl (C=O) groups is 2. The van der Waals surface area contributed by atoms with Gasteiger partial charge in [-0.15, -0.1) is 0 Å². The minimum Gasteiger partial charge on any atom is -0.353 e. The second kappa shape index (κ2) is 5.30. The molecule has 0 heterocycles. The first-order chi connectivity index (χ1) is 8.54. The highest BCUT2D eigenvalue weighted by molar-refractivity contribution is 7.98. The van der Waals surface area contributed by atoms with Crippen molar-refractivity contribution in [1.82, 2.24) is 10.0 Å². The van der Waals surface area contributed by atoms with Gasteiger partial charge in [0.05, 0.1) is 0 Å². The average molecular weight is 265 g/mol. The number of hydrogen-bond acceptors (Lipinski definition) is 3. The SMILES string of the molecule is CC(=O)NC1Cc2ccc(SNC(N)=O)cc2C1. The van der Waals surface area contributed by atoms with Crippen molar-refractivity contribution in [1.29, 1.82) is 0 Å². The van der Waals surface area contributed by atoms with E-state index < -0.39 is 6.03 Å². The molecule has 0 spiro atoms. The molecule has 1 aliphatic carbocycles. The number of fused-ring (bicyclic) bond motifs is 1. The Hall–Kier alpha value is -1.69. The van der Waals surface area contributed by atoms with Crippen molar-refractivity contribution in [2.45, 2.75) is 30.7 Å². The van der Waals surface area contributed by atoms with Crippen molar-refractivity contribution in [3.63, 3.8) is 0 Å². The molecule has 0 saturated heterocycles. The zero-order valence-corrected chi connectivity index (χ0v) is 10.8. The predicted octanol–water partition coefficient (Wildman–Crippen LogP) is 0.965. The van der Waals surface area contributed by atoms with Crippen molar-refractivity contribution in [2.75, 3.05) is 0 Å². The van der Waals surface area contributed by atoms with E-state index in [1.165, 1.54) is 30.0 Å². The van der Waals surface area contributed by atoms with Gasteiger partial charge in [-0.3, -0.25) is 9.52 Å². The maximum Gasteiger partial charge on any atom is 0.322 e. The highest BCUT2D eigenvalue weighted by Gasteiger charge is 2.22. The molecule has 1 aromatic carbocycles. The van der Waals surface area contributed by atoms with Gasteiger partial charge in [-0.05, 0) is 48.0 Å². The predicted molar refractivity (Wildman–Crippen MR) is 70.0 cm³/mol. The highest BCUT2D eigenvalue weighted by atomic mass is 32.2. The Labute approximate surface area is 110 Å². The van der Waals surface area contributed by atoms with Crippen LogP contribution in [0.15, 0.2) is 23.1 Å². The maximum atomic E-state index is 11.0. The first-order valence-electron chi connectivity index (χ1n) is 5.66. The number of primary amides is 1. The molecule has 5 nitrogen and oxygen atoms in total. The lowest BCUT2D eigenvalue weighted by molar-refractivity contribution is -0.119. The molecule has 3 amide bonds. The van der Waals surface area contributed by atoms with Crippen LogP contribution in [0, 0.1) is 0 Å². The molecule has 6 heteroatoms. The van der Waals surface area contributed by atoms with Gasteiger partial charge in [0.1, 0.15) is 0 Å². The van der Waals surface area contributed by atoms with Crippen LogP contribution in [0.1, 0.15) is 18.1 Å². The van der Waals surface area contributed by atoms with Crippen LogP contribution in [0.4, 0.5) is 4.79 Å². The van der Waals surface area contributed by atoms with Crippen LogP contribution < -0.4 is 15.8 Å². The van der Waals surface area contributed by atoms with Gasteiger partial charge in [-0.1, -0.05) is 6.07 Å². The average Bonchev–Trinajstić information content (AvgIpc) is 2.66. The quantitative estimate of drug-likeness (QED) is 0.712. The lowest BCUT2D eigenvalue weighted by Crippen LogP contribution is -2.33. The first-order valence-corrected chi connectivity index (χ1v) is 6.47. The van der Waals surface area contributed by atoms with Crippen molar-refractivity contribution < 1.29 is 9.59 Å². The van der Waals surface area contributed by atoms with Crippen LogP contribution >= 0.6 is 11.9 Å². The topological polar surface area (TPSA) is 84.2 Å². The van der Waals surface area contributed by atoms with Crippen molar-refractivity contribution >= 4 is 23.9 Å². The van der Waals surface area contributed by atoms with Gasteiger partial charge in [0.2, 0.25) is 5.91 Å². The van der Waals surface area contributed by atoms with Crippen LogP contribution in [0.25, 0.3) is 0 Å². The number of amides is 3. The first kappa shape index (κ1) is 12.8. The summed E-state index contributed by atoms with van der Waals surface area (Å²) in [5.41, 5.74) is 7.47. The van der Waals surface area contributed by atoms with Crippen molar-refractivity contribution in [3.05, 3.63) is 29.3 Å². The summed E-state index contributed by atoms with van der Waals surface area (Å²) in [6, 6.07) is 5.62. The molecule has 0 aliphatic heterocycles. The van der Waals surface area contributed by atoms with Crippen LogP contribution in [0.2, 0.25) is 0 Å². The molecule has 18 heavy (non-hydrogen) atoms. The summed E-state index contributed by atoms with van der Waals surface area (Å²) >= 11 is 1.20. The number of urea groups is 1. The van der Waals surface area contributed by atoms with Crippen LogP contribution in [0.5, 0.6) is 0 Å². The normalized spacial score (nSPS) is 17.1. The van der Waals surface area contributed by atoms with E-state index in [1.807, 2.05) is 18.2 Å². The lowest BCUT2D eigenvalue weighted by atomic mass is 10.1. The summed E-state index contributed by atoms with van der Waals surface area (Å²) in [5.74, 6) is -0.00204. The summed E-state index contributed by atoms with van der Waals surface area (Å²) in [6.07, 6.45) is 1.70. The van der Waals surface area contributed by atoms with Gasteiger partial charge in [-0.25, -0.2) is 4.79 Å². The van der Waals surface area contributed by atoms with Gasteiger partial charge in [0.15, 0.2) is 0 Å². The summed E-state index contributed by atoms with van der Waals surface area (Å²) in [4.78, 5) is 22.6. The number of rotatable bonds is 3. The highest BCUT2D eigenvalue weighted by Crippen LogP contribution is 2.26. The minimum absolute atomic E-state index is 0.00204. The largest absolute Gasteiger partial charge is 0.353 e. The molecule has 0 aromatic heterocycles. The Morgan fingerprint density at radius 1 is 1.33 bits per heavy atom. The number of carbonyl (C=O) groups excluding carboxylic acids is 2. The second-order valence-corrected chi connectivity index (χ2v) is 5.18. The van der Waals surface area contributed by atoms with Crippen LogP contribution in [-0.2, 0) is 17.6 Å². The third-order valence-corrected chi connectivity index (χ3v) is 3.58. The molecule has 1 unspecified atom stereocenters. The molecule has 1 aromatic rings. The second-order valence-electron chi connectivity index (χ2n) is 4.30. The van der Waals surface area contributed by atoms with Crippen LogP contribution in [-0.4, -0.2) is 18.0 Å². The van der Waals surface area contributed by atoms with E-state index in [2.05, 4.69) is 10.0 Å². The van der Waals surface area contributed by atoms with E-state index in [9.17, 15) is 9.59 Å². The Morgan fingerprint density at radius 3 is 2.72 bits per heavy atom. The standard InChI is InChI=1S/C12H15N3O2S/c1-7(16)14-10-4-8-2-3-11(6-9(8)5-10)18-15-12(13)17/h2-3,6,10H,4-5H2,1H3,(H,14,16)(H3,13,15,17).